The van der Waals surface area contributed by atoms with Crippen LogP contribution in [0.2, 0.25) is 0 Å². The molecule has 0 radical (unpaired) electrons. The summed E-state index contributed by atoms with van der Waals surface area (Å²) in [6.45, 7) is 1.23. The van der Waals surface area contributed by atoms with Crippen molar-refractivity contribution >= 4 is 30.1 Å². The van der Waals surface area contributed by atoms with Crippen molar-refractivity contribution in [3.63, 3.8) is 0 Å². The number of amides is 2. The first-order chi connectivity index (χ1) is 12.7. The van der Waals surface area contributed by atoms with Gasteiger partial charge in [0.2, 0.25) is 5.91 Å². The molecule has 2 heterocycles. The number of para-hydroxylation sites is 1. The van der Waals surface area contributed by atoms with Crippen molar-refractivity contribution in [3.8, 4) is 0 Å². The van der Waals surface area contributed by atoms with E-state index in [1.54, 1.807) is 4.90 Å². The van der Waals surface area contributed by atoms with Crippen LogP contribution in [0.15, 0.2) is 54.6 Å². The van der Waals surface area contributed by atoms with Crippen LogP contribution in [0.5, 0.6) is 0 Å². The molecule has 4 rings (SSSR count). The highest BCUT2D eigenvalue weighted by Gasteiger charge is 2.35. The van der Waals surface area contributed by atoms with Crippen molar-refractivity contribution in [3.05, 3.63) is 65.7 Å². The first-order valence-corrected chi connectivity index (χ1v) is 8.79. The molecule has 2 aliphatic heterocycles. The lowest BCUT2D eigenvalue weighted by molar-refractivity contribution is -0.123. The molecule has 2 aliphatic rings. The molecule has 142 valence electrons. The summed E-state index contributed by atoms with van der Waals surface area (Å²) in [5.41, 5.74) is 3.14. The number of nitrogens with zero attached hydrogens (tertiary/aromatic N) is 1. The molecule has 0 spiro atoms. The second kappa shape index (κ2) is 8.31. The molecule has 1 fully saturated rings. The van der Waals surface area contributed by atoms with Crippen molar-refractivity contribution in [2.24, 2.45) is 0 Å². The number of halogens is 1. The number of benzene rings is 2. The van der Waals surface area contributed by atoms with E-state index in [1.807, 2.05) is 54.6 Å². The van der Waals surface area contributed by atoms with Crippen molar-refractivity contribution < 1.29 is 14.3 Å². The molecule has 0 bridgehead atoms. The maximum atomic E-state index is 12.4. The number of carbonyl (C=O) groups excluding carboxylic acids is 2. The van der Waals surface area contributed by atoms with Gasteiger partial charge in [0.25, 0.3) is 0 Å². The molecule has 0 aromatic heterocycles. The third kappa shape index (κ3) is 4.34. The van der Waals surface area contributed by atoms with Gasteiger partial charge in [-0.1, -0.05) is 48.5 Å². The Morgan fingerprint density at radius 3 is 2.52 bits per heavy atom. The molecule has 0 aliphatic carbocycles. The number of fused-ring (bicyclic) bond motifs is 1. The summed E-state index contributed by atoms with van der Waals surface area (Å²) in [6, 6.07) is 17.3. The van der Waals surface area contributed by atoms with Gasteiger partial charge >= 0.3 is 6.09 Å². The van der Waals surface area contributed by atoms with Crippen LogP contribution in [0.25, 0.3) is 0 Å². The highest BCUT2D eigenvalue weighted by atomic mass is 35.5. The summed E-state index contributed by atoms with van der Waals surface area (Å²) in [6.07, 6.45) is 0.350. The Hall–Kier alpha value is -2.73. The standard InChI is InChI=1S/C20H21N3O3.ClH/c24-19(18-10-15-8-4-5-9-17(15)22-18)21-16-11-23(12-16)20(25)26-13-14-6-2-1-3-7-14;/h1-9,16,18,22H,10-13H2,(H,21,24);1H/t18-;/m0./s1. The van der Waals surface area contributed by atoms with Crippen LogP contribution < -0.4 is 10.6 Å². The first kappa shape index (κ1) is 19.0. The van der Waals surface area contributed by atoms with E-state index in [-0.39, 0.29) is 43.1 Å². The maximum absolute atomic E-state index is 12.4. The van der Waals surface area contributed by atoms with E-state index in [1.165, 1.54) is 0 Å². The molecule has 27 heavy (non-hydrogen) atoms. The van der Waals surface area contributed by atoms with Crippen LogP contribution in [-0.4, -0.2) is 42.1 Å². The molecule has 0 saturated carbocycles. The lowest BCUT2D eigenvalue weighted by Crippen LogP contribution is -2.62. The van der Waals surface area contributed by atoms with Crippen LogP contribution in [0.4, 0.5) is 10.5 Å². The Kier molecular flexibility index (Phi) is 5.86. The largest absolute Gasteiger partial charge is 0.445 e. The fourth-order valence-corrected chi connectivity index (χ4v) is 3.29. The van der Waals surface area contributed by atoms with E-state index in [0.29, 0.717) is 19.5 Å². The maximum Gasteiger partial charge on any atom is 0.410 e. The topological polar surface area (TPSA) is 70.7 Å². The van der Waals surface area contributed by atoms with E-state index in [9.17, 15) is 9.59 Å². The average molecular weight is 388 g/mol. The van der Waals surface area contributed by atoms with Gasteiger partial charge in [-0.2, -0.15) is 0 Å². The molecule has 0 unspecified atom stereocenters. The van der Waals surface area contributed by atoms with E-state index in [0.717, 1.165) is 16.8 Å². The highest BCUT2D eigenvalue weighted by Crippen LogP contribution is 2.25. The predicted octanol–water partition coefficient (Wildman–Crippen LogP) is 2.58. The van der Waals surface area contributed by atoms with Crippen LogP contribution in [0.1, 0.15) is 11.1 Å². The SMILES string of the molecule is Cl.O=C(NC1CN(C(=O)OCc2ccccc2)C1)[C@@H]1Cc2ccccc2N1. The summed E-state index contributed by atoms with van der Waals surface area (Å²) in [5, 5.41) is 6.24. The quantitative estimate of drug-likeness (QED) is 0.846. The van der Waals surface area contributed by atoms with Crippen LogP contribution >= 0.6 is 12.4 Å². The summed E-state index contributed by atoms with van der Waals surface area (Å²) in [5.74, 6) is -0.0245. The number of carbonyl (C=O) groups is 2. The van der Waals surface area contributed by atoms with Gasteiger partial charge in [0.05, 0.1) is 6.04 Å². The van der Waals surface area contributed by atoms with Gasteiger partial charge in [-0.3, -0.25) is 4.79 Å². The molecule has 2 aromatic carbocycles. The average Bonchev–Trinajstić information content (AvgIpc) is 3.07. The molecular weight excluding hydrogens is 366 g/mol. The molecule has 1 atom stereocenters. The summed E-state index contributed by atoms with van der Waals surface area (Å²) < 4.78 is 5.29. The number of anilines is 1. The second-order valence-corrected chi connectivity index (χ2v) is 6.71. The summed E-state index contributed by atoms with van der Waals surface area (Å²) in [7, 11) is 0. The fraction of sp³-hybridized carbons (Fsp3) is 0.300. The Bertz CT molecular complexity index is 784. The minimum atomic E-state index is -0.342. The normalized spacial score (nSPS) is 17.8. The van der Waals surface area contributed by atoms with Gasteiger partial charge in [-0.15, -0.1) is 12.4 Å². The number of hydrogen-bond acceptors (Lipinski definition) is 4. The van der Waals surface area contributed by atoms with Gasteiger partial charge in [0, 0.05) is 25.2 Å². The number of ether oxygens (including phenoxy) is 1. The lowest BCUT2D eigenvalue weighted by Gasteiger charge is -2.39. The summed E-state index contributed by atoms with van der Waals surface area (Å²) >= 11 is 0. The van der Waals surface area contributed by atoms with Crippen LogP contribution in [0.3, 0.4) is 0 Å². The number of hydrogen-bond donors (Lipinski definition) is 2. The van der Waals surface area contributed by atoms with Crippen LogP contribution in [-0.2, 0) is 22.6 Å². The minimum absolute atomic E-state index is 0. The van der Waals surface area contributed by atoms with E-state index < -0.39 is 0 Å². The smallest absolute Gasteiger partial charge is 0.410 e. The number of rotatable bonds is 4. The van der Waals surface area contributed by atoms with Gasteiger partial charge in [0.15, 0.2) is 0 Å². The van der Waals surface area contributed by atoms with E-state index in [4.69, 9.17) is 4.74 Å². The number of nitrogens with one attached hydrogen (secondary N) is 2. The Morgan fingerprint density at radius 2 is 1.78 bits per heavy atom. The molecule has 1 saturated heterocycles. The monoisotopic (exact) mass is 387 g/mol. The molecular formula is C20H22ClN3O3. The third-order valence-corrected chi connectivity index (χ3v) is 4.78. The van der Waals surface area contributed by atoms with Gasteiger partial charge in [-0.25, -0.2) is 4.79 Å². The minimum Gasteiger partial charge on any atom is -0.445 e. The third-order valence-electron chi connectivity index (χ3n) is 4.78. The fourth-order valence-electron chi connectivity index (χ4n) is 3.29. The molecule has 2 aromatic rings. The Balaban J connectivity index is 0.00000210. The van der Waals surface area contributed by atoms with E-state index >= 15 is 0 Å². The lowest BCUT2D eigenvalue weighted by atomic mass is 10.1. The van der Waals surface area contributed by atoms with Crippen molar-refractivity contribution in [2.75, 3.05) is 18.4 Å². The highest BCUT2D eigenvalue weighted by molar-refractivity contribution is 5.88. The molecule has 2 N–H and O–H groups in total. The molecule has 7 heteroatoms. The van der Waals surface area contributed by atoms with E-state index in [2.05, 4.69) is 10.6 Å². The van der Waals surface area contributed by atoms with Gasteiger partial charge in [0.1, 0.15) is 12.6 Å². The molecule has 2 amide bonds. The Morgan fingerprint density at radius 1 is 1.07 bits per heavy atom. The zero-order valence-corrected chi connectivity index (χ0v) is 15.6. The molecule has 6 nitrogen and oxygen atoms in total. The predicted molar refractivity (Wildman–Crippen MR) is 105 cm³/mol. The number of likely N-dealkylation sites (tertiary alicyclic amines) is 1. The van der Waals surface area contributed by atoms with Crippen molar-refractivity contribution in [2.45, 2.75) is 25.1 Å². The zero-order valence-electron chi connectivity index (χ0n) is 14.8. The van der Waals surface area contributed by atoms with Crippen molar-refractivity contribution in [1.29, 1.82) is 0 Å². The van der Waals surface area contributed by atoms with Crippen LogP contribution in [0, 0.1) is 0 Å². The summed E-state index contributed by atoms with van der Waals surface area (Å²) in [4.78, 5) is 26.0. The first-order valence-electron chi connectivity index (χ1n) is 8.79. The second-order valence-electron chi connectivity index (χ2n) is 6.71. The van der Waals surface area contributed by atoms with Crippen molar-refractivity contribution in [1.82, 2.24) is 10.2 Å². The van der Waals surface area contributed by atoms with Gasteiger partial charge in [-0.05, 0) is 17.2 Å². The zero-order chi connectivity index (χ0) is 17.9. The Labute approximate surface area is 164 Å². The van der Waals surface area contributed by atoms with Gasteiger partial charge < -0.3 is 20.3 Å².